The Morgan fingerprint density at radius 3 is 0.800 bits per heavy atom. The average molecular weight is 641 g/mol. The van der Waals surface area contributed by atoms with Gasteiger partial charge < -0.3 is 0 Å². The first-order chi connectivity index (χ1) is 14.7. The second-order valence-corrected chi connectivity index (χ2v) is 15.7. The molecule has 12 heteroatoms. The lowest BCUT2D eigenvalue weighted by atomic mass is 10.5. The molecule has 0 N–H and O–H groups in total. The molecule has 0 amide bonds. The summed E-state index contributed by atoms with van der Waals surface area (Å²) in [4.78, 5) is 0. The molecule has 0 aromatic heterocycles. The summed E-state index contributed by atoms with van der Waals surface area (Å²) in [5.41, 5.74) is 0. The summed E-state index contributed by atoms with van der Waals surface area (Å²) in [6, 6.07) is 0. The van der Waals surface area contributed by atoms with Gasteiger partial charge in [0.2, 0.25) is 0 Å². The van der Waals surface area contributed by atoms with Gasteiger partial charge in [-0.2, -0.15) is 146 Å². The van der Waals surface area contributed by atoms with Crippen molar-refractivity contribution >= 4 is 146 Å². The van der Waals surface area contributed by atoms with Crippen LogP contribution in [0.3, 0.4) is 0 Å². The summed E-state index contributed by atoms with van der Waals surface area (Å²) in [6.07, 6.45) is 0. The molecule has 0 bridgehead atoms. The second kappa shape index (κ2) is 33.2. The van der Waals surface area contributed by atoms with Crippen LogP contribution in [-0.4, -0.2) is 103 Å². The van der Waals surface area contributed by atoms with Gasteiger partial charge in [-0.05, 0) is 34.5 Å². The van der Waals surface area contributed by atoms with E-state index in [1.807, 2.05) is 47.0 Å². The first-order valence-electron chi connectivity index (χ1n) is 9.89. The maximum absolute atomic E-state index is 4.26. The maximum atomic E-state index is 4.26. The molecule has 184 valence electrons. The lowest BCUT2D eigenvalue weighted by Gasteiger charge is -2.15. The smallest absolute Gasteiger partial charge is 0.0229 e. The van der Waals surface area contributed by atoms with Gasteiger partial charge in [-0.15, -0.1) is 0 Å². The van der Waals surface area contributed by atoms with Crippen molar-refractivity contribution in [2.75, 3.05) is 92.0 Å². The molecule has 0 aromatic carbocycles. The van der Waals surface area contributed by atoms with E-state index in [0.717, 1.165) is 79.5 Å². The summed E-state index contributed by atoms with van der Waals surface area (Å²) in [5.74, 6) is 17.9. The van der Waals surface area contributed by atoms with Crippen molar-refractivity contribution in [3.63, 3.8) is 0 Å². The topological polar surface area (TPSA) is 0 Å². The molecule has 0 rings (SSSR count). The monoisotopic (exact) mass is 640 g/mol. The molecular weight excluding hydrogens is 601 g/mol. The lowest BCUT2D eigenvalue weighted by molar-refractivity contribution is 1.14. The molecule has 0 aliphatic carbocycles. The Bertz CT molecular complexity index is 250. The molecule has 0 saturated heterocycles. The highest BCUT2D eigenvalue weighted by Gasteiger charge is 2.09. The van der Waals surface area contributed by atoms with Crippen LogP contribution >= 0.6 is 146 Å². The molecular formula is C18H40S12. The number of thioether (sulfide) groups is 6. The molecule has 0 heterocycles. The van der Waals surface area contributed by atoms with Crippen LogP contribution in [0.25, 0.3) is 0 Å². The summed E-state index contributed by atoms with van der Waals surface area (Å²) < 4.78 is 0. The highest BCUT2D eigenvalue weighted by atomic mass is 32.2. The molecule has 0 spiro atoms. The molecule has 0 aliphatic heterocycles. The number of rotatable bonds is 22. The largest absolute Gasteiger partial charge is 0.179 e. The molecule has 0 aromatic rings. The predicted molar refractivity (Wildman–Crippen MR) is 185 cm³/mol. The average Bonchev–Trinajstić information content (AvgIpc) is 2.76. The zero-order chi connectivity index (χ0) is 22.7. The fourth-order valence-electron chi connectivity index (χ4n) is 1.84. The number of hydrogen-bond acceptors (Lipinski definition) is 12. The Morgan fingerprint density at radius 1 is 0.367 bits per heavy atom. The van der Waals surface area contributed by atoms with Crippen LogP contribution in [0, 0.1) is 0 Å². The van der Waals surface area contributed by atoms with Gasteiger partial charge >= 0.3 is 0 Å². The van der Waals surface area contributed by atoms with Crippen molar-refractivity contribution in [1.29, 1.82) is 0 Å². The highest BCUT2D eigenvalue weighted by Crippen LogP contribution is 2.22. The lowest BCUT2D eigenvalue weighted by Crippen LogP contribution is -2.12. The van der Waals surface area contributed by atoms with Crippen molar-refractivity contribution in [1.82, 2.24) is 0 Å². The van der Waals surface area contributed by atoms with Crippen LogP contribution in [0.5, 0.6) is 0 Å². The van der Waals surface area contributed by atoms with Crippen molar-refractivity contribution in [3.05, 3.63) is 0 Å². The zero-order valence-corrected chi connectivity index (χ0v) is 27.9. The predicted octanol–water partition coefficient (Wildman–Crippen LogP) is 6.69. The molecule has 0 nitrogen and oxygen atoms in total. The normalized spacial score (nSPS) is 11.2. The standard InChI is InChI=1S/2C9H20S6/c2*10-1-4-13-7-9(15-6-3-12)8-14-5-2-11/h2*9-12H,1-8H2. The maximum Gasteiger partial charge on any atom is 0.0229 e. The summed E-state index contributed by atoms with van der Waals surface area (Å²) in [7, 11) is 0. The number of thiol groups is 6. The van der Waals surface area contributed by atoms with Crippen LogP contribution in [0.1, 0.15) is 0 Å². The zero-order valence-electron chi connectivity index (χ0n) is 17.6. The summed E-state index contributed by atoms with van der Waals surface area (Å²) >= 11 is 37.6. The molecule has 0 atom stereocenters. The molecule has 0 unspecified atom stereocenters. The van der Waals surface area contributed by atoms with E-state index in [1.54, 1.807) is 0 Å². The van der Waals surface area contributed by atoms with Gasteiger partial charge in [0.05, 0.1) is 0 Å². The highest BCUT2D eigenvalue weighted by molar-refractivity contribution is 8.06. The van der Waals surface area contributed by atoms with E-state index in [0.29, 0.717) is 0 Å². The van der Waals surface area contributed by atoms with E-state index in [-0.39, 0.29) is 0 Å². The third kappa shape index (κ3) is 30.2. The van der Waals surface area contributed by atoms with Crippen LogP contribution in [0.15, 0.2) is 0 Å². The SMILES string of the molecule is SCCSCC(CSCCS)SCCS.SCCSCC(CSCCS)SCCS. The minimum atomic E-state index is 0.770. The van der Waals surface area contributed by atoms with Crippen molar-refractivity contribution in [2.24, 2.45) is 0 Å². The second-order valence-electron chi connectivity index (χ2n) is 5.63. The van der Waals surface area contributed by atoms with Gasteiger partial charge in [0.25, 0.3) is 0 Å². The minimum absolute atomic E-state index is 0.770. The van der Waals surface area contributed by atoms with E-state index in [1.165, 1.54) is 23.0 Å². The van der Waals surface area contributed by atoms with Gasteiger partial charge in [0.1, 0.15) is 0 Å². The minimum Gasteiger partial charge on any atom is -0.179 e. The molecule has 0 radical (unpaired) electrons. The molecule has 0 fully saturated rings. The van der Waals surface area contributed by atoms with Gasteiger partial charge in [-0.3, -0.25) is 0 Å². The van der Waals surface area contributed by atoms with E-state index in [9.17, 15) is 0 Å². The third-order valence-corrected chi connectivity index (χ3v) is 14.1. The first kappa shape index (κ1) is 36.4. The van der Waals surface area contributed by atoms with E-state index in [2.05, 4.69) is 99.3 Å². The van der Waals surface area contributed by atoms with E-state index in [4.69, 9.17) is 0 Å². The molecule has 0 aliphatic rings. The molecule has 30 heavy (non-hydrogen) atoms. The number of hydrogen-bond donors (Lipinski definition) is 6. The van der Waals surface area contributed by atoms with Crippen molar-refractivity contribution in [2.45, 2.75) is 10.5 Å². The Hall–Kier alpha value is 4.20. The quantitative estimate of drug-likeness (QED) is 0.0573. The van der Waals surface area contributed by atoms with Gasteiger partial charge in [0.15, 0.2) is 0 Å². The Morgan fingerprint density at radius 2 is 0.600 bits per heavy atom. The van der Waals surface area contributed by atoms with Gasteiger partial charge in [-0.25, -0.2) is 0 Å². The van der Waals surface area contributed by atoms with Crippen LogP contribution in [-0.2, 0) is 0 Å². The van der Waals surface area contributed by atoms with E-state index >= 15 is 0 Å². The van der Waals surface area contributed by atoms with Gasteiger partial charge in [0, 0.05) is 68.0 Å². The van der Waals surface area contributed by atoms with Crippen molar-refractivity contribution < 1.29 is 0 Å². The Labute approximate surface area is 246 Å². The fraction of sp³-hybridized carbons (Fsp3) is 1.00. The van der Waals surface area contributed by atoms with Gasteiger partial charge in [-0.1, -0.05) is 0 Å². The third-order valence-electron chi connectivity index (χ3n) is 3.05. The Kier molecular flexibility index (Phi) is 40.2. The van der Waals surface area contributed by atoms with E-state index < -0.39 is 0 Å². The van der Waals surface area contributed by atoms with Crippen molar-refractivity contribution in [3.8, 4) is 0 Å². The summed E-state index contributed by atoms with van der Waals surface area (Å²) in [5, 5.41) is 1.54. The van der Waals surface area contributed by atoms with Crippen LogP contribution in [0.2, 0.25) is 0 Å². The first-order valence-corrected chi connectivity index (χ1v) is 20.4. The molecule has 0 saturated carbocycles. The van der Waals surface area contributed by atoms with Crippen LogP contribution in [0.4, 0.5) is 0 Å². The fourth-order valence-corrected chi connectivity index (χ4v) is 10.6. The van der Waals surface area contributed by atoms with Crippen LogP contribution < -0.4 is 0 Å². The Balaban J connectivity index is 0. The summed E-state index contributed by atoms with van der Waals surface area (Å²) in [6.45, 7) is 0.